The van der Waals surface area contributed by atoms with Crippen molar-refractivity contribution in [1.82, 2.24) is 15.5 Å². The van der Waals surface area contributed by atoms with Gasteiger partial charge in [-0.15, -0.1) is 10.2 Å². The van der Waals surface area contributed by atoms with Gasteiger partial charge in [0.1, 0.15) is 5.75 Å². The van der Waals surface area contributed by atoms with E-state index in [1.54, 1.807) is 0 Å². The largest absolute Gasteiger partial charge is 0.493 e. The summed E-state index contributed by atoms with van der Waals surface area (Å²) in [5.41, 5.74) is 0.747. The van der Waals surface area contributed by atoms with E-state index in [-0.39, 0.29) is 17.7 Å². The van der Waals surface area contributed by atoms with E-state index in [1.807, 2.05) is 38.1 Å². The van der Waals surface area contributed by atoms with Crippen LogP contribution in [-0.4, -0.2) is 34.5 Å². The van der Waals surface area contributed by atoms with E-state index in [9.17, 15) is 4.79 Å². The van der Waals surface area contributed by atoms with Gasteiger partial charge in [0.15, 0.2) is 0 Å². The summed E-state index contributed by atoms with van der Waals surface area (Å²) in [6.45, 7) is 8.60. The third-order valence-electron chi connectivity index (χ3n) is 3.54. The van der Waals surface area contributed by atoms with E-state index in [0.29, 0.717) is 29.4 Å². The fraction of sp³-hybridized carbons (Fsp3) is 0.471. The number of nitrogens with one attached hydrogen (secondary N) is 1. The Kier molecular flexibility index (Phi) is 6.66. The van der Waals surface area contributed by atoms with Crippen LogP contribution in [0.15, 0.2) is 33.9 Å². The molecule has 0 spiro atoms. The van der Waals surface area contributed by atoms with Crippen LogP contribution >= 0.6 is 11.8 Å². The third-order valence-corrected chi connectivity index (χ3v) is 4.36. The minimum absolute atomic E-state index is 0.0457. The molecule has 1 aromatic carbocycles. The quantitative estimate of drug-likeness (QED) is 0.736. The lowest BCUT2D eigenvalue weighted by Crippen LogP contribution is -2.37. The lowest BCUT2D eigenvalue weighted by atomic mass is 10.1. The molecular formula is C17H23N3O3S. The molecule has 2 rings (SSSR count). The van der Waals surface area contributed by atoms with Crippen LogP contribution in [0.2, 0.25) is 0 Å². The Labute approximate surface area is 146 Å². The summed E-state index contributed by atoms with van der Waals surface area (Å²) in [7, 11) is 0. The number of para-hydroxylation sites is 1. The first-order chi connectivity index (χ1) is 11.5. The summed E-state index contributed by atoms with van der Waals surface area (Å²) in [5.74, 6) is 1.67. The van der Waals surface area contributed by atoms with Crippen molar-refractivity contribution in [3.05, 3.63) is 24.3 Å². The molecule has 1 amide bonds. The molecule has 130 valence electrons. The van der Waals surface area contributed by atoms with Gasteiger partial charge in [-0.3, -0.25) is 4.79 Å². The number of ether oxygens (including phenoxy) is 1. The molecule has 0 fully saturated rings. The predicted octanol–water partition coefficient (Wildman–Crippen LogP) is 3.39. The second-order valence-corrected chi connectivity index (χ2v) is 6.62. The molecule has 2 aromatic rings. The highest BCUT2D eigenvalue weighted by Gasteiger charge is 2.16. The molecule has 0 saturated heterocycles. The average Bonchev–Trinajstić information content (AvgIpc) is 3.02. The van der Waals surface area contributed by atoms with Crippen LogP contribution in [0, 0.1) is 5.92 Å². The zero-order chi connectivity index (χ0) is 17.5. The number of carbonyl (C=O) groups excluding carboxylic acids is 1. The summed E-state index contributed by atoms with van der Waals surface area (Å²) < 4.78 is 11.2. The summed E-state index contributed by atoms with van der Waals surface area (Å²) in [6, 6.07) is 7.63. The second-order valence-electron chi connectivity index (χ2n) is 5.69. The highest BCUT2D eigenvalue weighted by Crippen LogP contribution is 2.30. The molecule has 0 bridgehead atoms. The summed E-state index contributed by atoms with van der Waals surface area (Å²) in [5, 5.41) is 11.3. The topological polar surface area (TPSA) is 77.2 Å². The van der Waals surface area contributed by atoms with Crippen LogP contribution in [0.3, 0.4) is 0 Å². The Balaban J connectivity index is 1.98. The normalized spacial score (nSPS) is 12.2. The molecule has 24 heavy (non-hydrogen) atoms. The lowest BCUT2D eigenvalue weighted by Gasteiger charge is -2.16. The first-order valence-corrected chi connectivity index (χ1v) is 8.97. The SMILES string of the molecule is CCOc1ccccc1-c1nnc(SCC(=O)NC(C)C(C)C)o1. The van der Waals surface area contributed by atoms with E-state index in [1.165, 1.54) is 11.8 Å². The standard InChI is InChI=1S/C17H23N3O3S/c1-5-22-14-9-7-6-8-13(14)16-19-20-17(23-16)24-10-15(21)18-12(4)11(2)3/h6-9,11-12H,5,10H2,1-4H3,(H,18,21). The van der Waals surface area contributed by atoms with Gasteiger partial charge >= 0.3 is 0 Å². The van der Waals surface area contributed by atoms with Crippen LogP contribution in [0.4, 0.5) is 0 Å². The van der Waals surface area contributed by atoms with Gasteiger partial charge in [-0.1, -0.05) is 37.7 Å². The number of nitrogens with zero attached hydrogens (tertiary/aromatic N) is 2. The number of rotatable bonds is 8. The minimum atomic E-state index is -0.0457. The van der Waals surface area contributed by atoms with Crippen molar-refractivity contribution in [1.29, 1.82) is 0 Å². The Bertz CT molecular complexity index is 673. The van der Waals surface area contributed by atoms with Gasteiger partial charge in [-0.05, 0) is 31.9 Å². The number of aromatic nitrogens is 2. The number of benzene rings is 1. The molecule has 7 heteroatoms. The van der Waals surface area contributed by atoms with Gasteiger partial charge in [-0.25, -0.2) is 0 Å². The van der Waals surface area contributed by atoms with Crippen molar-refractivity contribution in [3.63, 3.8) is 0 Å². The van der Waals surface area contributed by atoms with Crippen molar-refractivity contribution < 1.29 is 13.9 Å². The van der Waals surface area contributed by atoms with E-state index < -0.39 is 0 Å². The maximum absolute atomic E-state index is 11.9. The molecule has 0 aliphatic carbocycles. The Morgan fingerprint density at radius 2 is 2.04 bits per heavy atom. The molecule has 0 aliphatic heterocycles. The lowest BCUT2D eigenvalue weighted by molar-refractivity contribution is -0.119. The van der Waals surface area contributed by atoms with E-state index >= 15 is 0 Å². The molecule has 1 N–H and O–H groups in total. The summed E-state index contributed by atoms with van der Waals surface area (Å²) in [4.78, 5) is 11.9. The van der Waals surface area contributed by atoms with Crippen LogP contribution < -0.4 is 10.1 Å². The minimum Gasteiger partial charge on any atom is -0.493 e. The third kappa shape index (κ3) is 4.99. The molecule has 0 radical (unpaired) electrons. The molecular weight excluding hydrogens is 326 g/mol. The van der Waals surface area contributed by atoms with E-state index in [2.05, 4.69) is 29.4 Å². The highest BCUT2D eigenvalue weighted by molar-refractivity contribution is 7.99. The van der Waals surface area contributed by atoms with Crippen molar-refractivity contribution in [2.45, 2.75) is 39.0 Å². The Morgan fingerprint density at radius 3 is 2.75 bits per heavy atom. The van der Waals surface area contributed by atoms with Crippen LogP contribution in [0.5, 0.6) is 5.75 Å². The van der Waals surface area contributed by atoms with Crippen molar-refractivity contribution in [2.75, 3.05) is 12.4 Å². The molecule has 1 unspecified atom stereocenters. The molecule has 1 heterocycles. The van der Waals surface area contributed by atoms with Gasteiger partial charge < -0.3 is 14.5 Å². The molecule has 6 nitrogen and oxygen atoms in total. The summed E-state index contributed by atoms with van der Waals surface area (Å²) >= 11 is 1.22. The van der Waals surface area contributed by atoms with Gasteiger partial charge in [0.25, 0.3) is 11.1 Å². The fourth-order valence-electron chi connectivity index (χ4n) is 1.89. The van der Waals surface area contributed by atoms with Crippen LogP contribution in [-0.2, 0) is 4.79 Å². The van der Waals surface area contributed by atoms with E-state index in [4.69, 9.17) is 9.15 Å². The highest BCUT2D eigenvalue weighted by atomic mass is 32.2. The fourth-order valence-corrected chi connectivity index (χ4v) is 2.47. The number of hydrogen-bond donors (Lipinski definition) is 1. The smallest absolute Gasteiger partial charge is 0.277 e. The van der Waals surface area contributed by atoms with Crippen LogP contribution in [0.25, 0.3) is 11.5 Å². The van der Waals surface area contributed by atoms with Crippen molar-refractivity contribution in [2.24, 2.45) is 5.92 Å². The molecule has 1 aromatic heterocycles. The average molecular weight is 349 g/mol. The Hall–Kier alpha value is -2.02. The number of hydrogen-bond acceptors (Lipinski definition) is 6. The Morgan fingerprint density at radius 1 is 1.29 bits per heavy atom. The first kappa shape index (κ1) is 18.3. The molecule has 0 saturated carbocycles. The van der Waals surface area contributed by atoms with Gasteiger partial charge in [-0.2, -0.15) is 0 Å². The van der Waals surface area contributed by atoms with E-state index in [0.717, 1.165) is 5.56 Å². The van der Waals surface area contributed by atoms with Crippen LogP contribution in [0.1, 0.15) is 27.7 Å². The molecule has 1 atom stereocenters. The van der Waals surface area contributed by atoms with Gasteiger partial charge in [0.05, 0.1) is 17.9 Å². The van der Waals surface area contributed by atoms with Gasteiger partial charge in [0.2, 0.25) is 5.91 Å². The second kappa shape index (κ2) is 8.73. The number of amides is 1. The van der Waals surface area contributed by atoms with Gasteiger partial charge in [0, 0.05) is 6.04 Å². The first-order valence-electron chi connectivity index (χ1n) is 7.99. The maximum Gasteiger partial charge on any atom is 0.277 e. The number of carbonyl (C=O) groups is 1. The number of thioether (sulfide) groups is 1. The monoisotopic (exact) mass is 349 g/mol. The molecule has 0 aliphatic rings. The van der Waals surface area contributed by atoms with Crippen molar-refractivity contribution in [3.8, 4) is 17.2 Å². The summed E-state index contributed by atoms with van der Waals surface area (Å²) in [6.07, 6.45) is 0. The maximum atomic E-state index is 11.9. The van der Waals surface area contributed by atoms with Crippen molar-refractivity contribution >= 4 is 17.7 Å². The predicted molar refractivity (Wildman–Crippen MR) is 94.1 cm³/mol. The zero-order valence-corrected chi connectivity index (χ0v) is 15.2. The zero-order valence-electron chi connectivity index (χ0n) is 14.4.